The molecule has 19 heavy (non-hydrogen) atoms. The van der Waals surface area contributed by atoms with Crippen LogP contribution in [0.15, 0.2) is 30.3 Å². The van der Waals surface area contributed by atoms with E-state index in [2.05, 4.69) is 18.7 Å². The van der Waals surface area contributed by atoms with Crippen LogP contribution in [0, 0.1) is 11.8 Å². The van der Waals surface area contributed by atoms with E-state index in [1.165, 1.54) is 6.42 Å². The van der Waals surface area contributed by atoms with Crippen molar-refractivity contribution in [2.45, 2.75) is 26.2 Å². The molecule has 1 aromatic rings. The molecule has 1 fully saturated rings. The molecule has 1 N–H and O–H groups in total. The molecule has 3 nitrogen and oxygen atoms in total. The van der Waals surface area contributed by atoms with Gasteiger partial charge < -0.3 is 10.0 Å². The molecule has 2 unspecified atom stereocenters. The van der Waals surface area contributed by atoms with Crippen LogP contribution in [0.3, 0.4) is 0 Å². The number of nitrogens with zero attached hydrogens (tertiary/aromatic N) is 1. The molecule has 0 aliphatic carbocycles. The molecule has 0 amide bonds. The first-order valence-electron chi connectivity index (χ1n) is 7.08. The Kier molecular flexibility index (Phi) is 4.59. The Balaban J connectivity index is 2.01. The lowest BCUT2D eigenvalue weighted by atomic mass is 9.95. The average molecular weight is 261 g/mol. The summed E-state index contributed by atoms with van der Waals surface area (Å²) < 4.78 is 0. The van der Waals surface area contributed by atoms with Crippen molar-refractivity contribution in [1.82, 2.24) is 4.90 Å². The number of carboxylic acid groups (broad SMARTS) is 1. The summed E-state index contributed by atoms with van der Waals surface area (Å²) in [7, 11) is 0. The minimum absolute atomic E-state index is 0.410. The lowest BCUT2D eigenvalue weighted by Crippen LogP contribution is -2.30. The van der Waals surface area contributed by atoms with Crippen LogP contribution < -0.4 is 0 Å². The van der Waals surface area contributed by atoms with E-state index in [4.69, 9.17) is 0 Å². The van der Waals surface area contributed by atoms with E-state index in [0.717, 1.165) is 18.7 Å². The van der Waals surface area contributed by atoms with Crippen molar-refractivity contribution in [2.75, 3.05) is 19.6 Å². The van der Waals surface area contributed by atoms with Gasteiger partial charge in [0, 0.05) is 13.1 Å². The molecular formula is C16H23NO2. The number of aliphatic carboxylic acids is 1. The largest absolute Gasteiger partial charge is 0.481 e. The monoisotopic (exact) mass is 261 g/mol. The molecule has 0 radical (unpaired) electrons. The second-order valence-corrected chi connectivity index (χ2v) is 5.85. The standard InChI is InChI=1S/C16H23NO2/c1-12(2)14-8-9-17(10-14)11-15(16(18)19)13-6-4-3-5-7-13/h3-7,12,14-15H,8-11H2,1-2H3,(H,18,19). The maximum absolute atomic E-state index is 11.5. The first kappa shape index (κ1) is 14.1. The first-order chi connectivity index (χ1) is 9.08. The maximum atomic E-state index is 11.5. The zero-order valence-electron chi connectivity index (χ0n) is 11.7. The van der Waals surface area contributed by atoms with Gasteiger partial charge in [-0.2, -0.15) is 0 Å². The van der Waals surface area contributed by atoms with Gasteiger partial charge in [0.2, 0.25) is 0 Å². The molecule has 1 saturated heterocycles. The smallest absolute Gasteiger partial charge is 0.312 e. The molecule has 104 valence electrons. The van der Waals surface area contributed by atoms with Crippen LogP contribution in [0.1, 0.15) is 31.7 Å². The second kappa shape index (κ2) is 6.20. The Labute approximate surface area is 115 Å². The molecule has 0 bridgehead atoms. The van der Waals surface area contributed by atoms with Crippen molar-refractivity contribution in [2.24, 2.45) is 11.8 Å². The molecule has 1 aliphatic rings. The van der Waals surface area contributed by atoms with Gasteiger partial charge in [0.1, 0.15) is 0 Å². The molecule has 0 saturated carbocycles. The molecular weight excluding hydrogens is 238 g/mol. The summed E-state index contributed by atoms with van der Waals surface area (Å²) in [5.74, 6) is 0.265. The Morgan fingerprint density at radius 1 is 1.37 bits per heavy atom. The van der Waals surface area contributed by atoms with Crippen molar-refractivity contribution in [3.05, 3.63) is 35.9 Å². The van der Waals surface area contributed by atoms with Crippen molar-refractivity contribution < 1.29 is 9.90 Å². The van der Waals surface area contributed by atoms with Gasteiger partial charge in [0.25, 0.3) is 0 Å². The number of benzene rings is 1. The predicted molar refractivity (Wildman–Crippen MR) is 76.2 cm³/mol. The summed E-state index contributed by atoms with van der Waals surface area (Å²) in [4.78, 5) is 13.8. The summed E-state index contributed by atoms with van der Waals surface area (Å²) in [5, 5.41) is 9.44. The third kappa shape index (κ3) is 3.57. The number of carboxylic acids is 1. The van der Waals surface area contributed by atoms with E-state index in [1.54, 1.807) is 0 Å². The van der Waals surface area contributed by atoms with Gasteiger partial charge in [-0.3, -0.25) is 4.79 Å². The molecule has 1 aliphatic heterocycles. The van der Waals surface area contributed by atoms with Crippen LogP contribution in [0.25, 0.3) is 0 Å². The Hall–Kier alpha value is -1.35. The van der Waals surface area contributed by atoms with Crippen LogP contribution in [0.2, 0.25) is 0 Å². The molecule has 0 aromatic heterocycles. The number of rotatable bonds is 5. The third-order valence-corrected chi connectivity index (χ3v) is 4.19. The zero-order valence-corrected chi connectivity index (χ0v) is 11.7. The van der Waals surface area contributed by atoms with Crippen LogP contribution in [0.5, 0.6) is 0 Å². The highest BCUT2D eigenvalue weighted by Gasteiger charge is 2.29. The quantitative estimate of drug-likeness (QED) is 0.886. The fraction of sp³-hybridized carbons (Fsp3) is 0.562. The topological polar surface area (TPSA) is 40.5 Å². The minimum Gasteiger partial charge on any atom is -0.481 e. The highest BCUT2D eigenvalue weighted by atomic mass is 16.4. The summed E-state index contributed by atoms with van der Waals surface area (Å²) in [6.07, 6.45) is 1.19. The van der Waals surface area contributed by atoms with Crippen LogP contribution >= 0.6 is 0 Å². The zero-order chi connectivity index (χ0) is 13.8. The number of carbonyl (C=O) groups is 1. The van der Waals surface area contributed by atoms with E-state index < -0.39 is 11.9 Å². The van der Waals surface area contributed by atoms with Gasteiger partial charge in [0.05, 0.1) is 5.92 Å². The van der Waals surface area contributed by atoms with Gasteiger partial charge in [-0.25, -0.2) is 0 Å². The number of hydrogen-bond acceptors (Lipinski definition) is 2. The van der Waals surface area contributed by atoms with E-state index in [0.29, 0.717) is 18.4 Å². The molecule has 2 rings (SSSR count). The summed E-state index contributed by atoms with van der Waals surface area (Å²) in [5.41, 5.74) is 0.906. The molecule has 1 heterocycles. The highest BCUT2D eigenvalue weighted by Crippen LogP contribution is 2.26. The minimum atomic E-state index is -0.723. The molecule has 2 atom stereocenters. The van der Waals surface area contributed by atoms with E-state index >= 15 is 0 Å². The van der Waals surface area contributed by atoms with Crippen molar-refractivity contribution in [3.8, 4) is 0 Å². The summed E-state index contributed by atoms with van der Waals surface area (Å²) >= 11 is 0. The van der Waals surface area contributed by atoms with Gasteiger partial charge in [0.15, 0.2) is 0 Å². The SMILES string of the molecule is CC(C)C1CCN(CC(C(=O)O)c2ccccc2)C1. The number of hydrogen-bond donors (Lipinski definition) is 1. The Bertz CT molecular complexity index is 416. The van der Waals surface area contributed by atoms with Crippen LogP contribution in [-0.4, -0.2) is 35.6 Å². The van der Waals surface area contributed by atoms with Gasteiger partial charge in [-0.15, -0.1) is 0 Å². The number of likely N-dealkylation sites (tertiary alicyclic amines) is 1. The van der Waals surface area contributed by atoms with E-state index in [-0.39, 0.29) is 0 Å². The van der Waals surface area contributed by atoms with Gasteiger partial charge in [-0.05, 0) is 30.4 Å². The second-order valence-electron chi connectivity index (χ2n) is 5.85. The average Bonchev–Trinajstić information content (AvgIpc) is 2.85. The Morgan fingerprint density at radius 3 is 2.58 bits per heavy atom. The van der Waals surface area contributed by atoms with Crippen LogP contribution in [0.4, 0.5) is 0 Å². The summed E-state index contributed by atoms with van der Waals surface area (Å²) in [6.45, 7) is 7.19. The third-order valence-electron chi connectivity index (χ3n) is 4.19. The molecule has 1 aromatic carbocycles. The predicted octanol–water partition coefficient (Wildman–Crippen LogP) is 2.83. The fourth-order valence-corrected chi connectivity index (χ4v) is 2.84. The lowest BCUT2D eigenvalue weighted by molar-refractivity contribution is -0.139. The van der Waals surface area contributed by atoms with Crippen LogP contribution in [-0.2, 0) is 4.79 Å². The lowest BCUT2D eigenvalue weighted by Gasteiger charge is -2.22. The maximum Gasteiger partial charge on any atom is 0.312 e. The Morgan fingerprint density at radius 2 is 2.05 bits per heavy atom. The van der Waals surface area contributed by atoms with E-state index in [1.807, 2.05) is 30.3 Å². The van der Waals surface area contributed by atoms with Gasteiger partial charge >= 0.3 is 5.97 Å². The molecule has 3 heteroatoms. The van der Waals surface area contributed by atoms with Gasteiger partial charge in [-0.1, -0.05) is 44.2 Å². The molecule has 0 spiro atoms. The van der Waals surface area contributed by atoms with Crippen molar-refractivity contribution in [1.29, 1.82) is 0 Å². The van der Waals surface area contributed by atoms with E-state index in [9.17, 15) is 9.90 Å². The first-order valence-corrected chi connectivity index (χ1v) is 7.08. The fourth-order valence-electron chi connectivity index (χ4n) is 2.84. The normalized spacial score (nSPS) is 21.7. The van der Waals surface area contributed by atoms with Crippen molar-refractivity contribution in [3.63, 3.8) is 0 Å². The highest BCUT2D eigenvalue weighted by molar-refractivity contribution is 5.76. The van der Waals surface area contributed by atoms with Crippen molar-refractivity contribution >= 4 is 5.97 Å². The summed E-state index contributed by atoms with van der Waals surface area (Å²) in [6, 6.07) is 9.56.